The van der Waals surface area contributed by atoms with Gasteiger partial charge in [-0.15, -0.1) is 0 Å². The molecule has 2 unspecified atom stereocenters. The number of carbonyl (C=O) groups excluding carboxylic acids is 1. The van der Waals surface area contributed by atoms with E-state index in [1.807, 2.05) is 0 Å². The smallest absolute Gasteiger partial charge is 0.243 e. The first-order valence-electron chi connectivity index (χ1n) is 11.0. The first-order chi connectivity index (χ1) is 14.4. The van der Waals surface area contributed by atoms with Crippen molar-refractivity contribution in [2.45, 2.75) is 50.5 Å². The van der Waals surface area contributed by atoms with E-state index in [0.29, 0.717) is 56.6 Å². The second kappa shape index (κ2) is 10.7. The van der Waals surface area contributed by atoms with Crippen LogP contribution in [0.3, 0.4) is 0 Å². The van der Waals surface area contributed by atoms with Crippen molar-refractivity contribution in [3.8, 4) is 0 Å². The van der Waals surface area contributed by atoms with E-state index >= 15 is 0 Å². The molecule has 0 radical (unpaired) electrons. The van der Waals surface area contributed by atoms with E-state index in [0.717, 1.165) is 24.6 Å². The molecule has 1 amide bonds. The van der Waals surface area contributed by atoms with E-state index in [-0.39, 0.29) is 5.91 Å². The number of hydrogen-bond donors (Lipinski definition) is 1. The highest BCUT2D eigenvalue weighted by Crippen LogP contribution is 2.19. The number of likely N-dealkylation sites (tertiary alicyclic amines) is 1. The number of amides is 1. The molecule has 2 saturated heterocycles. The molecule has 168 valence electrons. The molecule has 1 N–H and O–H groups in total. The normalized spacial score (nSPS) is 22.5. The lowest BCUT2D eigenvalue weighted by Crippen LogP contribution is -2.46. The van der Waals surface area contributed by atoms with Crippen molar-refractivity contribution in [1.82, 2.24) is 14.5 Å². The van der Waals surface area contributed by atoms with E-state index in [9.17, 15) is 13.2 Å². The monoisotopic (exact) mass is 437 g/mol. The van der Waals surface area contributed by atoms with Gasteiger partial charge in [-0.25, -0.2) is 8.42 Å². The summed E-state index contributed by atoms with van der Waals surface area (Å²) >= 11 is 0. The van der Waals surface area contributed by atoms with E-state index in [2.05, 4.69) is 24.1 Å². The summed E-state index contributed by atoms with van der Waals surface area (Å²) < 4.78 is 32.0. The van der Waals surface area contributed by atoms with Crippen molar-refractivity contribution in [1.29, 1.82) is 0 Å². The molecule has 0 aromatic heterocycles. The van der Waals surface area contributed by atoms with Crippen molar-refractivity contribution in [3.63, 3.8) is 0 Å². The molecular formula is C22H35N3O4S. The van der Waals surface area contributed by atoms with Gasteiger partial charge < -0.3 is 10.1 Å². The van der Waals surface area contributed by atoms with Gasteiger partial charge >= 0.3 is 0 Å². The zero-order valence-corrected chi connectivity index (χ0v) is 19.0. The van der Waals surface area contributed by atoms with E-state index in [1.165, 1.54) is 17.1 Å². The van der Waals surface area contributed by atoms with Gasteiger partial charge in [0.1, 0.15) is 0 Å². The second-order valence-electron chi connectivity index (χ2n) is 8.56. The van der Waals surface area contributed by atoms with E-state index in [4.69, 9.17) is 4.74 Å². The minimum absolute atomic E-state index is 0.0388. The van der Waals surface area contributed by atoms with Crippen molar-refractivity contribution < 1.29 is 17.9 Å². The van der Waals surface area contributed by atoms with Crippen molar-refractivity contribution in [3.05, 3.63) is 29.8 Å². The lowest BCUT2D eigenvalue weighted by Gasteiger charge is -2.35. The number of rotatable bonds is 8. The molecule has 2 fully saturated rings. The Morgan fingerprint density at radius 2 is 1.90 bits per heavy atom. The lowest BCUT2D eigenvalue weighted by atomic mass is 9.99. The minimum atomic E-state index is -3.47. The van der Waals surface area contributed by atoms with Gasteiger partial charge in [0.2, 0.25) is 15.9 Å². The third kappa shape index (κ3) is 6.26. The van der Waals surface area contributed by atoms with Gasteiger partial charge in [-0.3, -0.25) is 9.69 Å². The summed E-state index contributed by atoms with van der Waals surface area (Å²) in [7, 11) is -3.47. The van der Waals surface area contributed by atoms with Gasteiger partial charge in [0.15, 0.2) is 0 Å². The zero-order chi connectivity index (χ0) is 21.6. The summed E-state index contributed by atoms with van der Waals surface area (Å²) in [6.45, 7) is 8.99. The van der Waals surface area contributed by atoms with Crippen LogP contribution in [0.15, 0.2) is 29.2 Å². The third-order valence-electron chi connectivity index (χ3n) is 6.08. The summed E-state index contributed by atoms with van der Waals surface area (Å²) in [5.74, 6) is 0.767. The van der Waals surface area contributed by atoms with Crippen molar-refractivity contribution >= 4 is 15.9 Å². The summed E-state index contributed by atoms with van der Waals surface area (Å²) in [6.07, 6.45) is 3.52. The maximum absolute atomic E-state index is 12.7. The van der Waals surface area contributed by atoms with Crippen LogP contribution < -0.4 is 5.32 Å². The second-order valence-corrected chi connectivity index (χ2v) is 10.5. The standard InChI is InChI=1S/C22H35N3O4S/c1-18-4-3-11-24(17-18)19(2)16-23-22(26)10-7-20-5-8-21(9-6-20)30(27,28)25-12-14-29-15-13-25/h5-6,8-9,18-19H,3-4,7,10-17H2,1-2H3,(H,23,26). The Bertz CT molecular complexity index is 791. The molecule has 2 atom stereocenters. The molecule has 1 aromatic carbocycles. The van der Waals surface area contributed by atoms with Crippen LogP contribution in [-0.2, 0) is 26.0 Å². The number of sulfonamides is 1. The summed E-state index contributed by atoms with van der Waals surface area (Å²) in [6, 6.07) is 7.23. The van der Waals surface area contributed by atoms with Crippen LogP contribution >= 0.6 is 0 Å². The van der Waals surface area contributed by atoms with Gasteiger partial charge in [-0.05, 0) is 56.3 Å². The number of nitrogens with one attached hydrogen (secondary N) is 1. The quantitative estimate of drug-likeness (QED) is 0.672. The Morgan fingerprint density at radius 3 is 2.57 bits per heavy atom. The number of hydrogen-bond acceptors (Lipinski definition) is 5. The fourth-order valence-electron chi connectivity index (χ4n) is 4.13. The summed E-state index contributed by atoms with van der Waals surface area (Å²) in [5, 5.41) is 3.05. The van der Waals surface area contributed by atoms with Crippen LogP contribution in [-0.4, -0.2) is 75.5 Å². The largest absolute Gasteiger partial charge is 0.379 e. The third-order valence-corrected chi connectivity index (χ3v) is 7.99. The molecule has 7 nitrogen and oxygen atoms in total. The SMILES string of the molecule is CC1CCCN(C(C)CNC(=O)CCc2ccc(S(=O)(=O)N3CCOCC3)cc2)C1. The summed E-state index contributed by atoms with van der Waals surface area (Å²) in [4.78, 5) is 15.0. The van der Waals surface area contributed by atoms with Crippen LogP contribution in [0.25, 0.3) is 0 Å². The first kappa shape index (κ1) is 23.2. The van der Waals surface area contributed by atoms with Gasteiger partial charge in [0.25, 0.3) is 0 Å². The lowest BCUT2D eigenvalue weighted by molar-refractivity contribution is -0.121. The minimum Gasteiger partial charge on any atom is -0.379 e. The highest BCUT2D eigenvalue weighted by atomic mass is 32.2. The van der Waals surface area contributed by atoms with E-state index in [1.54, 1.807) is 24.3 Å². The number of morpholine rings is 1. The van der Waals surface area contributed by atoms with Crippen molar-refractivity contribution in [2.24, 2.45) is 5.92 Å². The Morgan fingerprint density at radius 1 is 1.20 bits per heavy atom. The maximum atomic E-state index is 12.7. The molecule has 30 heavy (non-hydrogen) atoms. The van der Waals surface area contributed by atoms with Crippen LogP contribution in [0.1, 0.15) is 38.7 Å². The average molecular weight is 438 g/mol. The molecule has 0 aliphatic carbocycles. The molecule has 1 aromatic rings. The predicted molar refractivity (Wildman–Crippen MR) is 117 cm³/mol. The maximum Gasteiger partial charge on any atom is 0.243 e. The molecule has 2 aliphatic rings. The number of benzene rings is 1. The zero-order valence-electron chi connectivity index (χ0n) is 18.2. The first-order valence-corrected chi connectivity index (χ1v) is 12.5. The number of ether oxygens (including phenoxy) is 1. The van der Waals surface area contributed by atoms with E-state index < -0.39 is 10.0 Å². The molecule has 3 rings (SSSR count). The molecule has 2 aliphatic heterocycles. The Labute approximate surface area is 180 Å². The highest BCUT2D eigenvalue weighted by Gasteiger charge is 2.26. The van der Waals surface area contributed by atoms with Crippen LogP contribution in [0, 0.1) is 5.92 Å². The van der Waals surface area contributed by atoms with Crippen LogP contribution in [0.4, 0.5) is 0 Å². The van der Waals surface area contributed by atoms with Gasteiger partial charge in [0, 0.05) is 38.6 Å². The number of piperidine rings is 1. The Kier molecular flexibility index (Phi) is 8.27. The van der Waals surface area contributed by atoms with Crippen LogP contribution in [0.2, 0.25) is 0 Å². The molecular weight excluding hydrogens is 402 g/mol. The fraction of sp³-hybridized carbons (Fsp3) is 0.682. The van der Waals surface area contributed by atoms with Gasteiger partial charge in [-0.2, -0.15) is 4.31 Å². The topological polar surface area (TPSA) is 79.0 Å². The molecule has 2 heterocycles. The summed E-state index contributed by atoms with van der Waals surface area (Å²) in [5.41, 5.74) is 0.962. The van der Waals surface area contributed by atoms with Crippen LogP contribution in [0.5, 0.6) is 0 Å². The predicted octanol–water partition coefficient (Wildman–Crippen LogP) is 1.88. The van der Waals surface area contributed by atoms with Crippen molar-refractivity contribution in [2.75, 3.05) is 45.9 Å². The molecule has 0 saturated carbocycles. The molecule has 0 spiro atoms. The molecule has 8 heteroatoms. The Hall–Kier alpha value is -1.48. The molecule has 0 bridgehead atoms. The number of aryl methyl sites for hydroxylation is 1. The highest BCUT2D eigenvalue weighted by molar-refractivity contribution is 7.89. The average Bonchev–Trinajstić information content (AvgIpc) is 2.77. The van der Waals surface area contributed by atoms with Gasteiger partial charge in [0.05, 0.1) is 18.1 Å². The number of nitrogens with zero attached hydrogens (tertiary/aromatic N) is 2. The number of carbonyl (C=O) groups is 1. The Balaban J connectivity index is 1.43. The van der Waals surface area contributed by atoms with Gasteiger partial charge in [-0.1, -0.05) is 19.1 Å². The fourth-order valence-corrected chi connectivity index (χ4v) is 5.54.